The second-order valence-electron chi connectivity index (χ2n) is 12.0. The van der Waals surface area contributed by atoms with Gasteiger partial charge < -0.3 is 30.5 Å². The highest BCUT2D eigenvalue weighted by Crippen LogP contribution is 2.29. The van der Waals surface area contributed by atoms with Crippen molar-refractivity contribution in [2.24, 2.45) is 11.8 Å². The molecule has 2 aromatic rings. The average Bonchev–Trinajstić information content (AvgIpc) is 3.36. The van der Waals surface area contributed by atoms with E-state index in [9.17, 15) is 29.1 Å². The molecule has 232 valence electrons. The Labute approximate surface area is 251 Å². The molecule has 11 nitrogen and oxygen atoms in total. The second-order valence-corrected chi connectivity index (χ2v) is 12.0. The minimum Gasteiger partial charge on any atom is -0.480 e. The molecule has 43 heavy (non-hydrogen) atoms. The number of rotatable bonds is 12. The number of aliphatic carboxylic acids is 1. The number of carbonyl (C=O) groups is 5. The number of carbonyl (C=O) groups excluding carboxylic acids is 4. The number of carboxylic acids is 1. The maximum atomic E-state index is 13.7. The zero-order valence-corrected chi connectivity index (χ0v) is 25.2. The molecular weight excluding hydrogens is 554 g/mol. The first-order chi connectivity index (χ1) is 20.2. The van der Waals surface area contributed by atoms with Gasteiger partial charge in [-0.25, -0.2) is 9.59 Å². The van der Waals surface area contributed by atoms with Crippen molar-refractivity contribution in [3.8, 4) is 0 Å². The van der Waals surface area contributed by atoms with Crippen LogP contribution in [0.1, 0.15) is 57.7 Å². The van der Waals surface area contributed by atoms with Crippen LogP contribution in [0.4, 0.5) is 4.79 Å². The number of hydrogen-bond acceptors (Lipinski definition) is 7. The van der Waals surface area contributed by atoms with Gasteiger partial charge in [-0.3, -0.25) is 14.4 Å². The van der Waals surface area contributed by atoms with Crippen LogP contribution in [-0.4, -0.2) is 58.7 Å². The monoisotopic (exact) mass is 595 g/mol. The van der Waals surface area contributed by atoms with E-state index in [4.69, 9.17) is 9.47 Å². The summed E-state index contributed by atoms with van der Waals surface area (Å²) < 4.78 is 10.6. The lowest BCUT2D eigenvalue weighted by Crippen LogP contribution is -2.59. The Morgan fingerprint density at radius 3 is 1.98 bits per heavy atom. The van der Waals surface area contributed by atoms with E-state index in [-0.39, 0.29) is 6.61 Å². The van der Waals surface area contributed by atoms with E-state index in [2.05, 4.69) is 16.0 Å². The van der Waals surface area contributed by atoms with Crippen LogP contribution in [0, 0.1) is 11.8 Å². The standard InChI is InChI=1S/C32H41N3O8/c1-19(2)26(30(39)40)34-29(38)27(23-15-21-13-9-10-14-22(21)16-23)35-28(37)24(17-25(36)43-32(3,4)5)33-31(41)42-18-20-11-7-6-8-12-20/h6-14,19,23-24,26-27H,15-18H2,1-5H3,(H,33,41)(H,34,38)(H,35,37)(H,39,40)/t24-,26+,27-/m0/s1. The third-order valence-electron chi connectivity index (χ3n) is 6.98. The van der Waals surface area contributed by atoms with Crippen LogP contribution < -0.4 is 16.0 Å². The number of benzene rings is 2. The van der Waals surface area contributed by atoms with Gasteiger partial charge in [0.05, 0.1) is 6.42 Å². The first kappa shape index (κ1) is 33.1. The van der Waals surface area contributed by atoms with E-state index >= 15 is 0 Å². The summed E-state index contributed by atoms with van der Waals surface area (Å²) in [6, 6.07) is 12.8. The molecule has 2 aromatic carbocycles. The van der Waals surface area contributed by atoms with Gasteiger partial charge in [-0.1, -0.05) is 68.4 Å². The molecule has 0 aliphatic heterocycles. The lowest BCUT2D eigenvalue weighted by Gasteiger charge is -2.29. The fraction of sp³-hybridized carbons (Fsp3) is 0.469. The highest BCUT2D eigenvalue weighted by Gasteiger charge is 2.38. The number of carboxylic acid groups (broad SMARTS) is 1. The van der Waals surface area contributed by atoms with Crippen LogP contribution in [0.15, 0.2) is 54.6 Å². The molecule has 0 saturated carbocycles. The number of esters is 1. The number of nitrogens with one attached hydrogen (secondary N) is 3. The molecule has 1 aliphatic carbocycles. The van der Waals surface area contributed by atoms with Crippen LogP contribution in [-0.2, 0) is 48.1 Å². The van der Waals surface area contributed by atoms with E-state index in [0.717, 1.165) is 16.7 Å². The molecule has 0 saturated heterocycles. The zero-order chi connectivity index (χ0) is 31.7. The van der Waals surface area contributed by atoms with E-state index in [1.165, 1.54) is 0 Å². The Kier molecular flexibility index (Phi) is 11.3. The van der Waals surface area contributed by atoms with Gasteiger partial charge >= 0.3 is 18.0 Å². The van der Waals surface area contributed by atoms with Gasteiger partial charge in [-0.05, 0) is 62.1 Å². The lowest BCUT2D eigenvalue weighted by atomic mass is 9.94. The van der Waals surface area contributed by atoms with Crippen molar-refractivity contribution < 1.29 is 38.6 Å². The first-order valence-corrected chi connectivity index (χ1v) is 14.3. The largest absolute Gasteiger partial charge is 0.480 e. The molecule has 0 heterocycles. The summed E-state index contributed by atoms with van der Waals surface area (Å²) in [6.45, 7) is 8.29. The molecule has 4 N–H and O–H groups in total. The Bertz CT molecular complexity index is 1280. The molecule has 3 amide bonds. The predicted molar refractivity (Wildman–Crippen MR) is 158 cm³/mol. The normalized spacial score (nSPS) is 15.0. The van der Waals surface area contributed by atoms with Crippen molar-refractivity contribution in [2.45, 2.75) is 84.2 Å². The molecule has 0 spiro atoms. The van der Waals surface area contributed by atoms with E-state index in [0.29, 0.717) is 12.8 Å². The summed E-state index contributed by atoms with van der Waals surface area (Å²) in [4.78, 5) is 64.5. The molecule has 0 aromatic heterocycles. The van der Waals surface area contributed by atoms with Gasteiger partial charge in [0.2, 0.25) is 11.8 Å². The SMILES string of the molecule is CC(C)[C@@H](NC(=O)[C@@H](NC(=O)[C@H](CC(=O)OC(C)(C)C)NC(=O)OCc1ccccc1)C1Cc2ccccc2C1)C(=O)O. The summed E-state index contributed by atoms with van der Waals surface area (Å²) in [5.41, 5.74) is 1.92. The molecule has 3 rings (SSSR count). The second kappa shape index (κ2) is 14.7. The molecule has 1 aliphatic rings. The first-order valence-electron chi connectivity index (χ1n) is 14.3. The summed E-state index contributed by atoms with van der Waals surface area (Å²) in [6.07, 6.45) is -0.520. The average molecular weight is 596 g/mol. The molecule has 0 fully saturated rings. The van der Waals surface area contributed by atoms with Crippen molar-refractivity contribution in [1.29, 1.82) is 0 Å². The van der Waals surface area contributed by atoms with Gasteiger partial charge in [0.25, 0.3) is 0 Å². The minimum atomic E-state index is -1.43. The number of hydrogen-bond donors (Lipinski definition) is 4. The van der Waals surface area contributed by atoms with Crippen LogP contribution in [0.25, 0.3) is 0 Å². The molecule has 3 atom stereocenters. The topological polar surface area (TPSA) is 160 Å². The minimum absolute atomic E-state index is 0.0649. The highest BCUT2D eigenvalue weighted by molar-refractivity contribution is 5.94. The molecule has 0 unspecified atom stereocenters. The third kappa shape index (κ3) is 10.1. The van der Waals surface area contributed by atoms with Gasteiger partial charge in [0, 0.05) is 0 Å². The van der Waals surface area contributed by atoms with Crippen molar-refractivity contribution >= 4 is 29.8 Å². The van der Waals surface area contributed by atoms with Gasteiger partial charge in [0.1, 0.15) is 30.3 Å². The highest BCUT2D eigenvalue weighted by atomic mass is 16.6. The summed E-state index contributed by atoms with van der Waals surface area (Å²) in [5.74, 6) is -4.23. The lowest BCUT2D eigenvalue weighted by molar-refractivity contribution is -0.156. The smallest absolute Gasteiger partial charge is 0.408 e. The van der Waals surface area contributed by atoms with Gasteiger partial charge in [-0.15, -0.1) is 0 Å². The molecule has 11 heteroatoms. The fourth-order valence-electron chi connectivity index (χ4n) is 4.90. The predicted octanol–water partition coefficient (Wildman–Crippen LogP) is 3.14. The Balaban J connectivity index is 1.82. The number of amides is 3. The van der Waals surface area contributed by atoms with Gasteiger partial charge in [0.15, 0.2) is 0 Å². The van der Waals surface area contributed by atoms with E-state index in [1.54, 1.807) is 58.9 Å². The van der Waals surface area contributed by atoms with Crippen molar-refractivity contribution in [3.05, 3.63) is 71.3 Å². The third-order valence-corrected chi connectivity index (χ3v) is 6.98. The van der Waals surface area contributed by atoms with Crippen LogP contribution in [0.2, 0.25) is 0 Å². The number of fused-ring (bicyclic) bond motifs is 1. The summed E-state index contributed by atoms with van der Waals surface area (Å²) in [7, 11) is 0. The Hall–Kier alpha value is -4.41. The Morgan fingerprint density at radius 2 is 1.44 bits per heavy atom. The van der Waals surface area contributed by atoms with Crippen molar-refractivity contribution in [2.75, 3.05) is 0 Å². The fourth-order valence-corrected chi connectivity index (χ4v) is 4.90. The zero-order valence-electron chi connectivity index (χ0n) is 25.2. The number of alkyl carbamates (subject to hydrolysis) is 1. The quantitative estimate of drug-likeness (QED) is 0.272. The van der Waals surface area contributed by atoms with Crippen LogP contribution in [0.5, 0.6) is 0 Å². The van der Waals surface area contributed by atoms with Crippen LogP contribution >= 0.6 is 0 Å². The molecular formula is C32H41N3O8. The summed E-state index contributed by atoms with van der Waals surface area (Å²) in [5, 5.41) is 17.4. The van der Waals surface area contributed by atoms with Crippen molar-refractivity contribution in [1.82, 2.24) is 16.0 Å². The molecule has 0 bridgehead atoms. The summed E-state index contributed by atoms with van der Waals surface area (Å²) >= 11 is 0. The van der Waals surface area contributed by atoms with Crippen LogP contribution in [0.3, 0.4) is 0 Å². The number of ether oxygens (including phenoxy) is 2. The van der Waals surface area contributed by atoms with E-state index < -0.39 is 71.8 Å². The van der Waals surface area contributed by atoms with E-state index in [1.807, 2.05) is 30.3 Å². The van der Waals surface area contributed by atoms with Crippen molar-refractivity contribution in [3.63, 3.8) is 0 Å². The molecule has 0 radical (unpaired) electrons. The maximum Gasteiger partial charge on any atom is 0.408 e. The Morgan fingerprint density at radius 1 is 0.860 bits per heavy atom. The maximum absolute atomic E-state index is 13.7. The van der Waals surface area contributed by atoms with Gasteiger partial charge in [-0.2, -0.15) is 0 Å².